The Hall–Kier alpha value is -2.32. The van der Waals surface area contributed by atoms with Gasteiger partial charge in [-0.25, -0.2) is 0 Å². The van der Waals surface area contributed by atoms with E-state index < -0.39 is 0 Å². The number of fused-ring (bicyclic) bond motifs is 1. The molecule has 32 heavy (non-hydrogen) atoms. The number of nitrogens with one attached hydrogen (secondary N) is 2. The molecule has 0 saturated carbocycles. The van der Waals surface area contributed by atoms with Crippen LogP contribution >= 0.6 is 24.4 Å². The highest BCUT2D eigenvalue weighted by Crippen LogP contribution is 2.31. The molecule has 1 atom stereocenters. The Bertz CT molecular complexity index is 995. The summed E-state index contributed by atoms with van der Waals surface area (Å²) >= 11 is 9.38. The van der Waals surface area contributed by atoms with E-state index in [0.717, 1.165) is 41.3 Å². The number of carbonyl (C=O) groups excluding carboxylic acids is 2. The molecule has 3 aromatic rings. The van der Waals surface area contributed by atoms with E-state index >= 15 is 0 Å². The first-order chi connectivity index (χ1) is 15.7. The highest BCUT2D eigenvalue weighted by atomic mass is 35.5. The third-order valence-electron chi connectivity index (χ3n) is 5.42. The molecule has 8 heteroatoms. The van der Waals surface area contributed by atoms with Gasteiger partial charge < -0.3 is 20.0 Å². The Morgan fingerprint density at radius 3 is 2.72 bits per heavy atom. The van der Waals surface area contributed by atoms with E-state index in [4.69, 9.17) is 11.6 Å². The van der Waals surface area contributed by atoms with E-state index in [1.165, 1.54) is 0 Å². The maximum atomic E-state index is 13.6. The van der Waals surface area contributed by atoms with Crippen molar-refractivity contribution < 1.29 is 9.59 Å². The van der Waals surface area contributed by atoms with Crippen LogP contribution in [0.2, 0.25) is 5.02 Å². The van der Waals surface area contributed by atoms with Crippen LogP contribution in [0.4, 0.5) is 0 Å². The number of aromatic amines is 1. The zero-order valence-electron chi connectivity index (χ0n) is 18.3. The summed E-state index contributed by atoms with van der Waals surface area (Å²) in [6, 6.07) is 15.7. The number of aryl methyl sites for hydroxylation is 1. The Labute approximate surface area is 200 Å². The van der Waals surface area contributed by atoms with Crippen molar-refractivity contribution in [1.82, 2.24) is 15.2 Å². The summed E-state index contributed by atoms with van der Waals surface area (Å²) < 4.78 is 0. The molecule has 0 saturated heterocycles. The van der Waals surface area contributed by atoms with Crippen LogP contribution in [0.3, 0.4) is 0 Å². The second-order valence-corrected chi connectivity index (χ2v) is 7.78. The molecule has 1 aromatic heterocycles. The lowest BCUT2D eigenvalue weighted by Crippen LogP contribution is -2.38. The molecule has 2 aromatic carbocycles. The maximum Gasteiger partial charge on any atom is 0.230 e. The van der Waals surface area contributed by atoms with Crippen molar-refractivity contribution in [3.63, 3.8) is 0 Å². The fourth-order valence-electron chi connectivity index (χ4n) is 3.88. The number of H-pyrrole nitrogens is 1. The second kappa shape index (κ2) is 14.0. The van der Waals surface area contributed by atoms with Crippen LogP contribution in [-0.2, 0) is 16.0 Å². The number of hydrogen-bond donors (Lipinski definition) is 4. The monoisotopic (exact) mass is 474 g/mol. The number of rotatable bonds is 11. The highest BCUT2D eigenvalue weighted by Gasteiger charge is 2.27. The lowest BCUT2D eigenvalue weighted by atomic mass is 9.88. The average molecular weight is 475 g/mol. The van der Waals surface area contributed by atoms with Crippen molar-refractivity contribution >= 4 is 47.5 Å². The van der Waals surface area contributed by atoms with Crippen molar-refractivity contribution in [3.8, 4) is 0 Å². The fourth-order valence-corrected chi connectivity index (χ4v) is 4.11. The van der Waals surface area contributed by atoms with Gasteiger partial charge in [0.2, 0.25) is 5.91 Å². The van der Waals surface area contributed by atoms with Gasteiger partial charge in [0, 0.05) is 28.7 Å². The molecule has 4 N–H and O–H groups in total. The topological polar surface area (TPSA) is 91.2 Å². The molecule has 0 aliphatic carbocycles. The van der Waals surface area contributed by atoms with Crippen molar-refractivity contribution in [2.75, 3.05) is 26.7 Å². The molecular formula is C24H31ClN4O2S. The van der Waals surface area contributed by atoms with Crippen LogP contribution in [0, 0.1) is 0 Å². The number of aromatic nitrogens is 1. The smallest absolute Gasteiger partial charge is 0.230 e. The molecule has 0 aliphatic rings. The quantitative estimate of drug-likeness (QED) is 0.192. The van der Waals surface area contributed by atoms with Gasteiger partial charge in [0.15, 0.2) is 0 Å². The van der Waals surface area contributed by atoms with Gasteiger partial charge in [-0.15, -0.1) is 12.8 Å². The summed E-state index contributed by atoms with van der Waals surface area (Å²) in [5.41, 5.74) is 3.01. The number of halogens is 1. The van der Waals surface area contributed by atoms with Crippen LogP contribution < -0.4 is 10.5 Å². The third kappa shape index (κ3) is 6.84. The summed E-state index contributed by atoms with van der Waals surface area (Å²) in [5, 5.41) is 9.04. The predicted molar refractivity (Wildman–Crippen MR) is 135 cm³/mol. The van der Waals surface area contributed by atoms with Crippen molar-refractivity contribution in [3.05, 3.63) is 70.9 Å². The van der Waals surface area contributed by atoms with Gasteiger partial charge >= 0.3 is 0 Å². The zero-order valence-corrected chi connectivity index (χ0v) is 19.9. The molecule has 0 fully saturated rings. The summed E-state index contributed by atoms with van der Waals surface area (Å²) in [7, 11) is 1.88. The van der Waals surface area contributed by atoms with E-state index in [0.29, 0.717) is 24.4 Å². The van der Waals surface area contributed by atoms with Crippen molar-refractivity contribution in [2.24, 2.45) is 5.14 Å². The van der Waals surface area contributed by atoms with Gasteiger partial charge in [-0.1, -0.05) is 41.9 Å². The molecule has 1 heterocycles. The molecule has 0 radical (unpaired) electrons. The SMILES string of the molecule is CNCCCN(CC=O)C(=O)C(CCc1ccccc1Cl)c1cccc2[nH]ccc12.NS. The number of amides is 1. The molecule has 3 rings (SSSR count). The molecule has 6 nitrogen and oxygen atoms in total. The molecular weight excluding hydrogens is 444 g/mol. The minimum absolute atomic E-state index is 0.0149. The van der Waals surface area contributed by atoms with Gasteiger partial charge in [0.05, 0.1) is 12.5 Å². The molecule has 1 amide bonds. The first-order valence-corrected chi connectivity index (χ1v) is 11.5. The molecule has 1 unspecified atom stereocenters. The average Bonchev–Trinajstić information content (AvgIpc) is 3.31. The van der Waals surface area contributed by atoms with Crippen LogP contribution in [0.1, 0.15) is 29.9 Å². The van der Waals surface area contributed by atoms with Crippen LogP contribution in [0.25, 0.3) is 10.9 Å². The Balaban J connectivity index is 0.00000176. The van der Waals surface area contributed by atoms with E-state index in [-0.39, 0.29) is 18.4 Å². The number of nitrogens with zero attached hydrogens (tertiary/aromatic N) is 1. The largest absolute Gasteiger partial charge is 0.361 e. The highest BCUT2D eigenvalue weighted by molar-refractivity contribution is 7.77. The summed E-state index contributed by atoms with van der Waals surface area (Å²) in [5.74, 6) is -0.366. The fraction of sp³-hybridized carbons (Fsp3) is 0.333. The Morgan fingerprint density at radius 1 is 1.22 bits per heavy atom. The number of carbonyl (C=O) groups is 2. The van der Waals surface area contributed by atoms with Gasteiger partial charge in [-0.3, -0.25) is 9.93 Å². The summed E-state index contributed by atoms with van der Waals surface area (Å²) in [6.45, 7) is 1.44. The third-order valence-corrected chi connectivity index (χ3v) is 5.79. The van der Waals surface area contributed by atoms with Gasteiger partial charge in [-0.05, 0) is 62.2 Å². The summed E-state index contributed by atoms with van der Waals surface area (Å²) in [6.07, 6.45) is 4.79. The van der Waals surface area contributed by atoms with E-state index in [9.17, 15) is 9.59 Å². The first kappa shape index (κ1) is 25.9. The van der Waals surface area contributed by atoms with Crippen molar-refractivity contribution in [1.29, 1.82) is 0 Å². The lowest BCUT2D eigenvalue weighted by molar-refractivity contribution is -0.134. The van der Waals surface area contributed by atoms with Crippen LogP contribution in [0.15, 0.2) is 54.7 Å². The van der Waals surface area contributed by atoms with E-state index in [1.54, 1.807) is 4.90 Å². The normalized spacial score (nSPS) is 11.5. The Morgan fingerprint density at radius 2 is 2.00 bits per heavy atom. The minimum Gasteiger partial charge on any atom is -0.361 e. The second-order valence-electron chi connectivity index (χ2n) is 7.38. The zero-order chi connectivity index (χ0) is 23.3. The van der Waals surface area contributed by atoms with E-state index in [1.807, 2.05) is 61.8 Å². The minimum atomic E-state index is -0.352. The van der Waals surface area contributed by atoms with E-state index in [2.05, 4.69) is 28.3 Å². The maximum absolute atomic E-state index is 13.6. The first-order valence-electron chi connectivity index (χ1n) is 10.6. The van der Waals surface area contributed by atoms with Crippen LogP contribution in [-0.4, -0.2) is 48.8 Å². The lowest BCUT2D eigenvalue weighted by Gasteiger charge is -2.27. The Kier molecular flexibility index (Phi) is 11.3. The molecule has 0 aliphatic heterocycles. The predicted octanol–water partition coefficient (Wildman–Crippen LogP) is 3.96. The standard InChI is InChI=1S/C24H28ClN3O2.H3NS/c1-26-13-5-15-28(16-17-29)24(30)21(11-10-18-6-2-3-8-22(18)25)19-7-4-9-23-20(19)12-14-27-23;1-2/h2-4,6-9,12,14,17,21,26-27H,5,10-11,13,15-16H2,1H3;2H,1H2. The van der Waals surface area contributed by atoms with Crippen molar-refractivity contribution in [2.45, 2.75) is 25.2 Å². The molecule has 0 bridgehead atoms. The summed E-state index contributed by atoms with van der Waals surface area (Å²) in [4.78, 5) is 29.8. The van der Waals surface area contributed by atoms with Gasteiger partial charge in [0.1, 0.15) is 6.29 Å². The number of aldehydes is 1. The van der Waals surface area contributed by atoms with Gasteiger partial charge in [0.25, 0.3) is 0 Å². The number of nitrogens with two attached hydrogens (primary N) is 1. The van der Waals surface area contributed by atoms with Crippen LogP contribution in [0.5, 0.6) is 0 Å². The molecule has 172 valence electrons. The number of benzene rings is 2. The number of thiol groups is 1. The molecule has 0 spiro atoms. The number of hydrogen-bond acceptors (Lipinski definition) is 5. The van der Waals surface area contributed by atoms with Gasteiger partial charge in [-0.2, -0.15) is 0 Å².